The lowest BCUT2D eigenvalue weighted by Crippen LogP contribution is -2.59. The lowest BCUT2D eigenvalue weighted by molar-refractivity contribution is -0.142. The highest BCUT2D eigenvalue weighted by Gasteiger charge is 2.38. The number of rotatable bonds is 21. The van der Waals surface area contributed by atoms with Crippen LogP contribution in [0.25, 0.3) is 0 Å². The Morgan fingerprint density at radius 3 is 2.34 bits per heavy atom. The van der Waals surface area contributed by atoms with Crippen LogP contribution in [0.5, 0.6) is 5.75 Å². The van der Waals surface area contributed by atoms with Crippen LogP contribution in [-0.4, -0.2) is 114 Å². The molecule has 6 unspecified atom stereocenters. The van der Waals surface area contributed by atoms with Crippen LogP contribution in [0, 0.1) is 17.8 Å². The summed E-state index contributed by atoms with van der Waals surface area (Å²) >= 11 is 1.05. The van der Waals surface area contributed by atoms with E-state index in [2.05, 4.69) is 15.6 Å². The van der Waals surface area contributed by atoms with Crippen molar-refractivity contribution in [1.29, 1.82) is 0 Å². The van der Waals surface area contributed by atoms with Crippen molar-refractivity contribution >= 4 is 40.8 Å². The number of aromatic nitrogens is 1. The fourth-order valence-electron chi connectivity index (χ4n) is 6.66. The summed E-state index contributed by atoms with van der Waals surface area (Å²) in [7, 11) is 5.06. The van der Waals surface area contributed by atoms with Crippen molar-refractivity contribution in [3.63, 3.8) is 0 Å². The van der Waals surface area contributed by atoms with Gasteiger partial charge in [-0.25, -0.2) is 4.98 Å². The number of ketones is 1. The summed E-state index contributed by atoms with van der Waals surface area (Å²) in [5.74, 6) is -2.51. The highest BCUT2D eigenvalue weighted by Crippen LogP contribution is 2.24. The van der Waals surface area contributed by atoms with Gasteiger partial charge in [0.1, 0.15) is 17.5 Å². The molecule has 0 bridgehead atoms. The molecule has 294 valence electrons. The third-order valence-electron chi connectivity index (χ3n) is 10.2. The predicted octanol–water partition coefficient (Wildman–Crippen LogP) is 4.69. The quantitative estimate of drug-likeness (QED) is 0.152. The van der Waals surface area contributed by atoms with E-state index in [1.807, 2.05) is 51.8 Å². The van der Waals surface area contributed by atoms with Crippen LogP contribution in [-0.2, 0) is 25.5 Å². The minimum absolute atomic E-state index is 0.0373. The van der Waals surface area contributed by atoms with E-state index in [1.165, 1.54) is 5.38 Å². The normalized spacial score (nSPS) is 17.6. The van der Waals surface area contributed by atoms with E-state index in [9.17, 15) is 29.1 Å². The molecule has 14 heteroatoms. The van der Waals surface area contributed by atoms with Gasteiger partial charge in [-0.15, -0.1) is 11.3 Å². The summed E-state index contributed by atoms with van der Waals surface area (Å²) in [5.41, 5.74) is 0.952. The lowest BCUT2D eigenvalue weighted by atomic mass is 9.92. The molecule has 2 heterocycles. The molecular weight excluding hydrogens is 699 g/mol. The molecule has 1 aliphatic heterocycles. The number of nitrogens with one attached hydrogen (secondary N) is 2. The topological polar surface area (TPSA) is 167 Å². The van der Waals surface area contributed by atoms with E-state index in [1.54, 1.807) is 38.2 Å². The number of carbonyl (C=O) groups excluding carboxylic acids is 4. The predicted molar refractivity (Wildman–Crippen MR) is 204 cm³/mol. The second kappa shape index (κ2) is 21.1. The summed E-state index contributed by atoms with van der Waals surface area (Å²) in [4.78, 5) is 74.9. The van der Waals surface area contributed by atoms with Crippen molar-refractivity contribution < 1.29 is 38.6 Å². The number of ether oxygens (including phenoxy) is 2. The van der Waals surface area contributed by atoms with Gasteiger partial charge in [0.2, 0.25) is 11.8 Å². The summed E-state index contributed by atoms with van der Waals surface area (Å²) in [6.45, 7) is 10.7. The number of thiazole rings is 1. The van der Waals surface area contributed by atoms with Gasteiger partial charge in [0.15, 0.2) is 10.8 Å². The second-order valence-electron chi connectivity index (χ2n) is 14.6. The average molecular weight is 758 g/mol. The molecule has 0 spiro atoms. The summed E-state index contributed by atoms with van der Waals surface area (Å²) in [6, 6.07) is 5.22. The average Bonchev–Trinajstić information content (AvgIpc) is 3.64. The molecule has 0 radical (unpaired) electrons. The minimum Gasteiger partial charge on any atom is -0.497 e. The van der Waals surface area contributed by atoms with Crippen molar-refractivity contribution in [3.05, 3.63) is 45.9 Å². The number of piperidine rings is 1. The highest BCUT2D eigenvalue weighted by molar-refractivity contribution is 7.12. The number of nitrogens with zero attached hydrogens (tertiary/aromatic N) is 3. The molecule has 53 heavy (non-hydrogen) atoms. The Kier molecular flexibility index (Phi) is 17.3. The molecule has 3 N–H and O–H groups in total. The van der Waals surface area contributed by atoms with Gasteiger partial charge in [-0.3, -0.25) is 28.9 Å². The van der Waals surface area contributed by atoms with Gasteiger partial charge >= 0.3 is 5.97 Å². The molecule has 1 aromatic carbocycles. The van der Waals surface area contributed by atoms with E-state index in [-0.39, 0.29) is 72.2 Å². The Morgan fingerprint density at radius 1 is 1.06 bits per heavy atom. The number of carboxylic acids is 1. The fraction of sp³-hybridized carbons (Fsp3) is 0.641. The minimum atomic E-state index is -0.965. The first kappa shape index (κ1) is 43.5. The standard InChI is InChI=1S/C39H59N5O8S/c1-9-25(4)34(42-36(47)31-12-10-11-17-43(31)6)38(48)44(18-19-51-7)32(24(2)3)22-33(45)37-41-30(23-53-37)35(46)40-28(20-26(5)39(49)50)21-27-13-15-29(52-8)16-14-27/h13-16,23-26,28,31-32,34H,9-12,17-22H2,1-8H3,(H,40,46)(H,42,47)(H,49,50). The van der Waals surface area contributed by atoms with Crippen LogP contribution in [0.3, 0.4) is 0 Å². The first-order valence-electron chi connectivity index (χ1n) is 18.7. The zero-order valence-electron chi connectivity index (χ0n) is 32.6. The molecule has 1 fully saturated rings. The van der Waals surface area contributed by atoms with Crippen molar-refractivity contribution in [2.75, 3.05) is 41.0 Å². The number of carboxylic acid groups (broad SMARTS) is 1. The molecular formula is C39H59N5O8S. The van der Waals surface area contributed by atoms with E-state index in [0.29, 0.717) is 18.6 Å². The Labute approximate surface area is 318 Å². The van der Waals surface area contributed by atoms with Crippen molar-refractivity contribution in [2.24, 2.45) is 17.8 Å². The highest BCUT2D eigenvalue weighted by atomic mass is 32.1. The number of amides is 3. The number of likely N-dealkylation sites (N-methyl/N-ethyl adjacent to an activating group) is 1. The van der Waals surface area contributed by atoms with Gasteiger partial charge in [-0.1, -0.05) is 59.6 Å². The van der Waals surface area contributed by atoms with Crippen LogP contribution in [0.15, 0.2) is 29.6 Å². The Bertz CT molecular complexity index is 1520. The molecule has 13 nitrogen and oxygen atoms in total. The van der Waals surface area contributed by atoms with Crippen LogP contribution in [0.4, 0.5) is 0 Å². The van der Waals surface area contributed by atoms with Crippen LogP contribution >= 0.6 is 11.3 Å². The molecule has 1 aliphatic rings. The molecule has 3 rings (SSSR count). The molecule has 2 aromatic rings. The van der Waals surface area contributed by atoms with Gasteiger partial charge < -0.3 is 30.1 Å². The van der Waals surface area contributed by atoms with Crippen molar-refractivity contribution in [2.45, 2.75) is 104 Å². The maximum Gasteiger partial charge on any atom is 0.306 e. The zero-order valence-corrected chi connectivity index (χ0v) is 33.4. The van der Waals surface area contributed by atoms with Crippen molar-refractivity contribution in [1.82, 2.24) is 25.4 Å². The number of Topliss-reactive ketones (excluding diaryl/α,β-unsaturated/α-hetero) is 1. The molecule has 6 atom stereocenters. The SMILES string of the molecule is CCC(C)C(NC(=O)C1CCCCN1C)C(=O)N(CCOC)C(CC(=O)c1nc(C(=O)NC(Cc2ccc(OC)cc2)CC(C)C(=O)O)cs1)C(C)C. The fourth-order valence-corrected chi connectivity index (χ4v) is 7.41. The zero-order chi connectivity index (χ0) is 39.2. The van der Waals surface area contributed by atoms with Crippen molar-refractivity contribution in [3.8, 4) is 5.75 Å². The summed E-state index contributed by atoms with van der Waals surface area (Å²) in [6.07, 6.45) is 3.94. The van der Waals surface area contributed by atoms with Crippen LogP contribution in [0.2, 0.25) is 0 Å². The van der Waals surface area contributed by atoms with E-state index in [0.717, 1.165) is 42.7 Å². The maximum atomic E-state index is 14.4. The maximum absolute atomic E-state index is 14.4. The van der Waals surface area contributed by atoms with E-state index >= 15 is 0 Å². The third kappa shape index (κ3) is 12.6. The lowest BCUT2D eigenvalue weighted by Gasteiger charge is -2.39. The monoisotopic (exact) mass is 757 g/mol. The van der Waals surface area contributed by atoms with Crippen LogP contribution in [0.1, 0.15) is 99.0 Å². The van der Waals surface area contributed by atoms with E-state index in [4.69, 9.17) is 9.47 Å². The largest absolute Gasteiger partial charge is 0.497 e. The third-order valence-corrected chi connectivity index (χ3v) is 11.1. The number of aliphatic carboxylic acids is 1. The van der Waals surface area contributed by atoms with Gasteiger partial charge in [0, 0.05) is 37.5 Å². The summed E-state index contributed by atoms with van der Waals surface area (Å²) in [5, 5.41) is 17.2. The van der Waals surface area contributed by atoms with E-state index < -0.39 is 35.9 Å². The van der Waals surface area contributed by atoms with Crippen LogP contribution < -0.4 is 15.4 Å². The molecule has 0 aliphatic carbocycles. The number of hydrogen-bond donors (Lipinski definition) is 3. The summed E-state index contributed by atoms with van der Waals surface area (Å²) < 4.78 is 10.6. The number of hydrogen-bond acceptors (Lipinski definition) is 10. The molecule has 1 aromatic heterocycles. The number of likely N-dealkylation sites (tertiary alicyclic amines) is 1. The number of carbonyl (C=O) groups is 5. The number of methoxy groups -OCH3 is 2. The Hall–Kier alpha value is -3.88. The smallest absolute Gasteiger partial charge is 0.306 e. The van der Waals surface area contributed by atoms with Gasteiger partial charge in [0.05, 0.1) is 25.7 Å². The molecule has 0 saturated carbocycles. The van der Waals surface area contributed by atoms with Gasteiger partial charge in [-0.05, 0) is 68.8 Å². The number of benzene rings is 1. The molecule has 3 amide bonds. The van der Waals surface area contributed by atoms with Gasteiger partial charge in [0.25, 0.3) is 5.91 Å². The second-order valence-corrected chi connectivity index (χ2v) is 15.4. The first-order chi connectivity index (χ1) is 25.2. The Morgan fingerprint density at radius 2 is 1.75 bits per heavy atom. The Balaban J connectivity index is 1.80. The molecule has 1 saturated heterocycles. The first-order valence-corrected chi connectivity index (χ1v) is 19.5. The van der Waals surface area contributed by atoms with Gasteiger partial charge in [-0.2, -0.15) is 0 Å².